The van der Waals surface area contributed by atoms with E-state index in [1.165, 1.54) is 25.1 Å². The van der Waals surface area contributed by atoms with E-state index in [1.54, 1.807) is 6.92 Å². The zero-order valence-electron chi connectivity index (χ0n) is 10.4. The molecule has 0 spiro atoms. The van der Waals surface area contributed by atoms with Crippen LogP contribution in [0.15, 0.2) is 29.4 Å². The fraction of sp³-hybridized carbons (Fsp3) is 0.333. The Morgan fingerprint density at radius 3 is 2.58 bits per heavy atom. The van der Waals surface area contributed by atoms with Crippen LogP contribution in [0.5, 0.6) is 0 Å². The largest absolute Gasteiger partial charge is 0.461 e. The zero-order valence-corrected chi connectivity index (χ0v) is 10.4. The molecule has 0 aliphatic heterocycles. The third-order valence-electron chi connectivity index (χ3n) is 2.15. The van der Waals surface area contributed by atoms with Gasteiger partial charge in [0.15, 0.2) is 0 Å². The highest BCUT2D eigenvalue weighted by Gasteiger charge is 2.33. The summed E-state index contributed by atoms with van der Waals surface area (Å²) >= 11 is 0. The van der Waals surface area contributed by atoms with Crippen LogP contribution in [0.2, 0.25) is 0 Å². The number of nitrogens with one attached hydrogen (secondary N) is 1. The zero-order chi connectivity index (χ0) is 14.5. The van der Waals surface area contributed by atoms with E-state index in [0.717, 1.165) is 6.07 Å². The van der Waals surface area contributed by atoms with Gasteiger partial charge in [0, 0.05) is 0 Å². The number of hydrogen-bond acceptors (Lipinski definition) is 4. The number of ether oxygens (including phenoxy) is 1. The highest BCUT2D eigenvalue weighted by atomic mass is 19.4. The Balaban J connectivity index is 2.89. The van der Waals surface area contributed by atoms with E-state index in [0.29, 0.717) is 0 Å². The maximum atomic E-state index is 12.7. The highest BCUT2D eigenvalue weighted by molar-refractivity contribution is 6.35. The highest BCUT2D eigenvalue weighted by Crippen LogP contribution is 2.34. The number of nitrogens with zero attached hydrogens (tertiary/aromatic N) is 1. The van der Waals surface area contributed by atoms with Crippen LogP contribution in [0.25, 0.3) is 0 Å². The predicted molar refractivity (Wildman–Crippen MR) is 64.8 cm³/mol. The van der Waals surface area contributed by atoms with Crippen LogP contribution in [0.3, 0.4) is 0 Å². The minimum Gasteiger partial charge on any atom is -0.461 e. The van der Waals surface area contributed by atoms with Crippen molar-refractivity contribution in [3.8, 4) is 0 Å². The minimum atomic E-state index is -4.49. The van der Waals surface area contributed by atoms with E-state index in [4.69, 9.17) is 0 Å². The lowest BCUT2D eigenvalue weighted by atomic mass is 10.2. The van der Waals surface area contributed by atoms with E-state index < -0.39 is 17.7 Å². The van der Waals surface area contributed by atoms with Gasteiger partial charge in [0.25, 0.3) is 0 Å². The van der Waals surface area contributed by atoms with Gasteiger partial charge in [-0.1, -0.05) is 12.1 Å². The van der Waals surface area contributed by atoms with Gasteiger partial charge in [-0.05, 0) is 26.0 Å². The second-order valence-electron chi connectivity index (χ2n) is 3.57. The third kappa shape index (κ3) is 4.27. The first kappa shape index (κ1) is 15.0. The van der Waals surface area contributed by atoms with Gasteiger partial charge >= 0.3 is 12.1 Å². The standard InChI is InChI=1S/C12H13F3N2O2/c1-3-19-11(18)8(2)16-17-10-7-5-4-6-9(10)12(13,14)15/h4-7,17H,3H2,1-2H3. The predicted octanol–water partition coefficient (Wildman–Crippen LogP) is 3.06. The van der Waals surface area contributed by atoms with Crippen molar-refractivity contribution < 1.29 is 22.7 Å². The van der Waals surface area contributed by atoms with E-state index in [9.17, 15) is 18.0 Å². The van der Waals surface area contributed by atoms with Crippen molar-refractivity contribution in [3.63, 3.8) is 0 Å². The summed E-state index contributed by atoms with van der Waals surface area (Å²) in [7, 11) is 0. The van der Waals surface area contributed by atoms with Crippen LogP contribution in [0.4, 0.5) is 18.9 Å². The Kier molecular flexibility index (Phi) is 4.91. The van der Waals surface area contributed by atoms with Crippen molar-refractivity contribution in [2.45, 2.75) is 20.0 Å². The molecule has 1 aromatic carbocycles. The molecule has 0 heterocycles. The maximum absolute atomic E-state index is 12.7. The molecule has 0 aliphatic carbocycles. The Hall–Kier alpha value is -2.05. The minimum absolute atomic E-state index is 0.0566. The second-order valence-corrected chi connectivity index (χ2v) is 3.57. The molecule has 104 valence electrons. The molecule has 0 bridgehead atoms. The molecule has 0 aliphatic rings. The number of carbonyl (C=O) groups excluding carboxylic acids is 1. The first-order valence-electron chi connectivity index (χ1n) is 5.50. The summed E-state index contributed by atoms with van der Waals surface area (Å²) < 4.78 is 42.7. The van der Waals surface area contributed by atoms with Crippen molar-refractivity contribution in [1.29, 1.82) is 0 Å². The van der Waals surface area contributed by atoms with Crippen LogP contribution < -0.4 is 5.43 Å². The summed E-state index contributed by atoms with van der Waals surface area (Å²) in [6.45, 7) is 3.14. The maximum Gasteiger partial charge on any atom is 0.418 e. The lowest BCUT2D eigenvalue weighted by molar-refractivity contribution is -0.137. The molecule has 0 saturated heterocycles. The summed E-state index contributed by atoms with van der Waals surface area (Å²) in [5.74, 6) is -0.681. The van der Waals surface area contributed by atoms with Crippen molar-refractivity contribution >= 4 is 17.4 Å². The Morgan fingerprint density at radius 1 is 1.37 bits per heavy atom. The smallest absolute Gasteiger partial charge is 0.418 e. The number of para-hydroxylation sites is 1. The molecule has 1 aromatic rings. The van der Waals surface area contributed by atoms with Crippen LogP contribution in [-0.4, -0.2) is 18.3 Å². The molecule has 0 amide bonds. The molecule has 4 nitrogen and oxygen atoms in total. The number of hydrogen-bond donors (Lipinski definition) is 1. The van der Waals surface area contributed by atoms with Crippen molar-refractivity contribution in [2.24, 2.45) is 5.10 Å². The Bertz CT molecular complexity index is 484. The van der Waals surface area contributed by atoms with Crippen molar-refractivity contribution in [3.05, 3.63) is 29.8 Å². The Labute approximate surface area is 108 Å². The van der Waals surface area contributed by atoms with Gasteiger partial charge in [0.1, 0.15) is 5.71 Å². The molecule has 1 rings (SSSR count). The van der Waals surface area contributed by atoms with E-state index >= 15 is 0 Å². The van der Waals surface area contributed by atoms with Gasteiger partial charge in [-0.15, -0.1) is 0 Å². The average molecular weight is 274 g/mol. The quantitative estimate of drug-likeness (QED) is 0.521. The number of rotatable bonds is 4. The lowest BCUT2D eigenvalue weighted by Crippen LogP contribution is -2.16. The number of benzene rings is 1. The summed E-state index contributed by atoms with van der Waals surface area (Å²) in [5.41, 5.74) is 1.09. The molecule has 0 unspecified atom stereocenters. The number of esters is 1. The SMILES string of the molecule is CCOC(=O)C(C)=NNc1ccccc1C(F)(F)F. The van der Waals surface area contributed by atoms with Gasteiger partial charge < -0.3 is 4.74 Å². The van der Waals surface area contributed by atoms with Crippen LogP contribution in [0, 0.1) is 0 Å². The van der Waals surface area contributed by atoms with E-state index in [-0.39, 0.29) is 18.0 Å². The lowest BCUT2D eigenvalue weighted by Gasteiger charge is -2.11. The number of carbonyl (C=O) groups is 1. The van der Waals surface area contributed by atoms with Gasteiger partial charge in [0.2, 0.25) is 0 Å². The van der Waals surface area contributed by atoms with E-state index in [1.807, 2.05) is 0 Å². The van der Waals surface area contributed by atoms with Gasteiger partial charge in [-0.3, -0.25) is 5.43 Å². The molecular formula is C12H13F3N2O2. The van der Waals surface area contributed by atoms with Crippen LogP contribution in [-0.2, 0) is 15.7 Å². The summed E-state index contributed by atoms with van der Waals surface area (Å²) in [6.07, 6.45) is -4.49. The Morgan fingerprint density at radius 2 is 2.00 bits per heavy atom. The normalized spacial score (nSPS) is 12.2. The second kappa shape index (κ2) is 6.21. The van der Waals surface area contributed by atoms with Crippen molar-refractivity contribution in [1.82, 2.24) is 0 Å². The molecule has 0 radical (unpaired) electrons. The molecule has 1 N–H and O–H groups in total. The fourth-order valence-corrected chi connectivity index (χ4v) is 1.25. The molecular weight excluding hydrogens is 261 g/mol. The summed E-state index contributed by atoms with van der Waals surface area (Å²) in [4.78, 5) is 11.2. The first-order chi connectivity index (χ1) is 8.86. The van der Waals surface area contributed by atoms with Gasteiger partial charge in [0.05, 0.1) is 17.9 Å². The molecule has 0 atom stereocenters. The molecule has 0 saturated carbocycles. The van der Waals surface area contributed by atoms with E-state index in [2.05, 4.69) is 15.3 Å². The van der Waals surface area contributed by atoms with Gasteiger partial charge in [-0.25, -0.2) is 4.79 Å². The summed E-state index contributed by atoms with van der Waals surface area (Å²) in [6, 6.07) is 4.87. The number of anilines is 1. The third-order valence-corrected chi connectivity index (χ3v) is 2.15. The van der Waals surface area contributed by atoms with Crippen LogP contribution >= 0.6 is 0 Å². The fourth-order valence-electron chi connectivity index (χ4n) is 1.25. The first-order valence-corrected chi connectivity index (χ1v) is 5.50. The number of hydrazone groups is 1. The molecule has 0 fully saturated rings. The topological polar surface area (TPSA) is 50.7 Å². The average Bonchev–Trinajstić information content (AvgIpc) is 2.35. The molecule has 0 aromatic heterocycles. The van der Waals surface area contributed by atoms with Gasteiger partial charge in [-0.2, -0.15) is 18.3 Å². The molecule has 7 heteroatoms. The van der Waals surface area contributed by atoms with Crippen LogP contribution in [0.1, 0.15) is 19.4 Å². The number of alkyl halides is 3. The number of halogens is 3. The van der Waals surface area contributed by atoms with Crippen molar-refractivity contribution in [2.75, 3.05) is 12.0 Å². The molecule has 19 heavy (non-hydrogen) atoms. The summed E-state index contributed by atoms with van der Waals surface area (Å²) in [5, 5.41) is 3.58. The monoisotopic (exact) mass is 274 g/mol.